The van der Waals surface area contributed by atoms with Gasteiger partial charge in [-0.3, -0.25) is 4.79 Å². The van der Waals surface area contributed by atoms with E-state index >= 15 is 0 Å². The summed E-state index contributed by atoms with van der Waals surface area (Å²) in [5.41, 5.74) is 5.33. The zero-order chi connectivity index (χ0) is 22.2. The van der Waals surface area contributed by atoms with Crippen LogP contribution < -0.4 is 15.4 Å². The normalized spacial score (nSPS) is 14.7. The third-order valence-corrected chi connectivity index (χ3v) is 5.64. The lowest BCUT2D eigenvalue weighted by Gasteiger charge is -2.30. The first kappa shape index (κ1) is 20.8. The van der Waals surface area contributed by atoms with Crippen molar-refractivity contribution >= 4 is 28.9 Å². The SMILES string of the molecule is COc1cccc(Nc2nc3c(c(Nc4ccc(C)c(C)c4)n2)C(=O)CC(C)(C)C3)c1. The number of hydrogen-bond acceptors (Lipinski definition) is 6. The van der Waals surface area contributed by atoms with Crippen LogP contribution in [0.3, 0.4) is 0 Å². The summed E-state index contributed by atoms with van der Waals surface area (Å²) in [5, 5.41) is 6.63. The van der Waals surface area contributed by atoms with Gasteiger partial charge < -0.3 is 15.4 Å². The van der Waals surface area contributed by atoms with Crippen LogP contribution in [0.1, 0.15) is 47.4 Å². The van der Waals surface area contributed by atoms with Gasteiger partial charge in [0.05, 0.1) is 18.4 Å². The Labute approximate surface area is 183 Å². The van der Waals surface area contributed by atoms with E-state index in [0.717, 1.165) is 22.8 Å². The van der Waals surface area contributed by atoms with Gasteiger partial charge in [-0.05, 0) is 61.1 Å². The lowest BCUT2D eigenvalue weighted by Crippen LogP contribution is -2.29. The van der Waals surface area contributed by atoms with Crippen molar-refractivity contribution in [3.05, 3.63) is 64.8 Å². The number of fused-ring (bicyclic) bond motifs is 1. The Morgan fingerprint density at radius 2 is 1.71 bits per heavy atom. The van der Waals surface area contributed by atoms with Crippen LogP contribution in [0.4, 0.5) is 23.1 Å². The average molecular weight is 417 g/mol. The van der Waals surface area contributed by atoms with Crippen LogP contribution in [0, 0.1) is 19.3 Å². The Morgan fingerprint density at radius 1 is 0.935 bits per heavy atom. The van der Waals surface area contributed by atoms with Crippen molar-refractivity contribution in [3.8, 4) is 5.75 Å². The summed E-state index contributed by atoms with van der Waals surface area (Å²) in [6.07, 6.45) is 1.19. The molecule has 0 bridgehead atoms. The monoisotopic (exact) mass is 416 g/mol. The van der Waals surface area contributed by atoms with Crippen LogP contribution in [0.25, 0.3) is 0 Å². The number of nitrogens with one attached hydrogen (secondary N) is 2. The van der Waals surface area contributed by atoms with E-state index < -0.39 is 0 Å². The number of nitrogens with zero attached hydrogens (tertiary/aromatic N) is 2. The standard InChI is InChI=1S/C25H28N4O2/c1-15-9-10-18(11-16(15)2)26-23-22-20(13-25(3,4)14-21(22)30)28-24(29-23)27-17-7-6-8-19(12-17)31-5/h6-12H,13-14H2,1-5H3,(H2,26,27,28,29). The van der Waals surface area contributed by atoms with Crippen molar-refractivity contribution in [3.63, 3.8) is 0 Å². The second-order valence-electron chi connectivity index (χ2n) is 8.94. The van der Waals surface area contributed by atoms with Gasteiger partial charge in [0.1, 0.15) is 11.6 Å². The van der Waals surface area contributed by atoms with Crippen molar-refractivity contribution in [2.24, 2.45) is 5.41 Å². The number of ether oxygens (including phenoxy) is 1. The van der Waals surface area contributed by atoms with Crippen molar-refractivity contribution in [2.75, 3.05) is 17.7 Å². The van der Waals surface area contributed by atoms with Gasteiger partial charge in [-0.25, -0.2) is 4.98 Å². The number of aromatic nitrogens is 2. The molecule has 3 aromatic rings. The first-order valence-electron chi connectivity index (χ1n) is 10.4. The van der Waals surface area contributed by atoms with Crippen molar-refractivity contribution in [1.82, 2.24) is 9.97 Å². The van der Waals surface area contributed by atoms with Gasteiger partial charge in [-0.15, -0.1) is 0 Å². The summed E-state index contributed by atoms with van der Waals surface area (Å²) in [4.78, 5) is 22.4. The lowest BCUT2D eigenvalue weighted by atomic mass is 9.75. The maximum absolute atomic E-state index is 13.0. The molecule has 0 spiro atoms. The third-order valence-electron chi connectivity index (χ3n) is 5.64. The van der Waals surface area contributed by atoms with Crippen LogP contribution in [-0.2, 0) is 6.42 Å². The number of carbonyl (C=O) groups excluding carboxylic acids is 1. The summed E-state index contributed by atoms with van der Waals surface area (Å²) in [6.45, 7) is 8.34. The van der Waals surface area contributed by atoms with Crippen LogP contribution in [0.2, 0.25) is 0 Å². The molecule has 160 valence electrons. The predicted octanol–water partition coefficient (Wildman–Crippen LogP) is 5.74. The summed E-state index contributed by atoms with van der Waals surface area (Å²) in [5.74, 6) is 1.81. The molecular formula is C25H28N4O2. The summed E-state index contributed by atoms with van der Waals surface area (Å²) < 4.78 is 5.31. The second-order valence-corrected chi connectivity index (χ2v) is 8.94. The Kier molecular flexibility index (Phi) is 5.39. The minimum Gasteiger partial charge on any atom is -0.497 e. The number of hydrogen-bond donors (Lipinski definition) is 2. The fourth-order valence-corrected chi connectivity index (χ4v) is 3.90. The maximum Gasteiger partial charge on any atom is 0.229 e. The van der Waals surface area contributed by atoms with Gasteiger partial charge in [-0.2, -0.15) is 4.98 Å². The minimum absolute atomic E-state index is 0.0745. The number of carbonyl (C=O) groups is 1. The quantitative estimate of drug-likeness (QED) is 0.552. The largest absolute Gasteiger partial charge is 0.497 e. The Bertz CT molecular complexity index is 1150. The van der Waals surface area contributed by atoms with Gasteiger partial charge in [0.15, 0.2) is 5.78 Å². The fourth-order valence-electron chi connectivity index (χ4n) is 3.90. The van der Waals surface area contributed by atoms with Crippen molar-refractivity contribution in [1.29, 1.82) is 0 Å². The zero-order valence-electron chi connectivity index (χ0n) is 18.7. The Morgan fingerprint density at radius 3 is 2.45 bits per heavy atom. The van der Waals surface area contributed by atoms with Crippen LogP contribution in [0.5, 0.6) is 5.75 Å². The molecule has 0 fully saturated rings. The minimum atomic E-state index is -0.136. The zero-order valence-corrected chi connectivity index (χ0v) is 18.7. The van der Waals surface area contributed by atoms with E-state index in [0.29, 0.717) is 30.2 Å². The number of benzene rings is 2. The topological polar surface area (TPSA) is 76.1 Å². The lowest BCUT2D eigenvalue weighted by molar-refractivity contribution is 0.0911. The van der Waals surface area contributed by atoms with E-state index in [2.05, 4.69) is 55.4 Å². The highest BCUT2D eigenvalue weighted by Crippen LogP contribution is 2.38. The Balaban J connectivity index is 1.77. The molecule has 6 nitrogen and oxygen atoms in total. The molecule has 0 amide bonds. The van der Waals surface area contributed by atoms with E-state index in [-0.39, 0.29) is 11.2 Å². The highest BCUT2D eigenvalue weighted by molar-refractivity contribution is 6.03. The van der Waals surface area contributed by atoms with Crippen LogP contribution in [0.15, 0.2) is 42.5 Å². The molecule has 1 heterocycles. The highest BCUT2D eigenvalue weighted by atomic mass is 16.5. The number of anilines is 4. The summed E-state index contributed by atoms with van der Waals surface area (Å²) in [7, 11) is 1.63. The molecule has 1 aliphatic carbocycles. The molecule has 31 heavy (non-hydrogen) atoms. The molecule has 0 aliphatic heterocycles. The van der Waals surface area contributed by atoms with Crippen molar-refractivity contribution in [2.45, 2.75) is 40.5 Å². The van der Waals surface area contributed by atoms with Gasteiger partial charge in [0, 0.05) is 23.9 Å². The molecule has 2 aromatic carbocycles. The molecule has 0 saturated heterocycles. The molecule has 4 rings (SSSR count). The maximum atomic E-state index is 13.0. The predicted molar refractivity (Wildman–Crippen MR) is 124 cm³/mol. The Hall–Kier alpha value is -3.41. The van der Waals surface area contributed by atoms with E-state index in [1.165, 1.54) is 11.1 Å². The van der Waals surface area contributed by atoms with Crippen molar-refractivity contribution < 1.29 is 9.53 Å². The number of Topliss-reactive ketones (excluding diaryl/α,β-unsaturated/α-hetero) is 1. The molecule has 1 aliphatic rings. The first-order chi connectivity index (χ1) is 14.7. The van der Waals surface area contributed by atoms with E-state index in [9.17, 15) is 4.79 Å². The number of aryl methyl sites for hydroxylation is 2. The van der Waals surface area contributed by atoms with Gasteiger partial charge in [0.25, 0.3) is 0 Å². The van der Waals surface area contributed by atoms with Gasteiger partial charge in [0.2, 0.25) is 5.95 Å². The van der Waals surface area contributed by atoms with Gasteiger partial charge in [-0.1, -0.05) is 26.0 Å². The molecule has 0 atom stereocenters. The van der Waals surface area contributed by atoms with Crippen LogP contribution >= 0.6 is 0 Å². The first-order valence-corrected chi connectivity index (χ1v) is 10.4. The molecule has 0 unspecified atom stereocenters. The molecule has 0 radical (unpaired) electrons. The molecule has 2 N–H and O–H groups in total. The summed E-state index contributed by atoms with van der Waals surface area (Å²) >= 11 is 0. The van der Waals surface area contributed by atoms with Gasteiger partial charge >= 0.3 is 0 Å². The number of methoxy groups -OCH3 is 1. The molecular weight excluding hydrogens is 388 g/mol. The highest BCUT2D eigenvalue weighted by Gasteiger charge is 2.35. The van der Waals surface area contributed by atoms with Crippen LogP contribution in [-0.4, -0.2) is 22.9 Å². The second kappa shape index (κ2) is 8.02. The number of rotatable bonds is 5. The van der Waals surface area contributed by atoms with E-state index in [1.54, 1.807) is 7.11 Å². The average Bonchev–Trinajstić information content (AvgIpc) is 2.69. The molecule has 0 saturated carbocycles. The van der Waals surface area contributed by atoms with E-state index in [1.807, 2.05) is 30.3 Å². The third kappa shape index (κ3) is 4.53. The smallest absolute Gasteiger partial charge is 0.229 e. The number of ketones is 1. The van der Waals surface area contributed by atoms with E-state index in [4.69, 9.17) is 9.72 Å². The molecule has 6 heteroatoms. The molecule has 1 aromatic heterocycles. The fraction of sp³-hybridized carbons (Fsp3) is 0.320. The summed E-state index contributed by atoms with van der Waals surface area (Å²) in [6, 6.07) is 13.7.